The Labute approximate surface area is 227 Å². The number of nitrogens with one attached hydrogen (secondary N) is 2. The Kier molecular flexibility index (Phi) is 8.73. The van der Waals surface area contributed by atoms with Crippen LogP contribution in [0.5, 0.6) is 11.5 Å². The minimum atomic E-state index is -0.437. The van der Waals surface area contributed by atoms with Gasteiger partial charge in [0.15, 0.2) is 17.0 Å². The van der Waals surface area contributed by atoms with E-state index in [0.717, 1.165) is 22.1 Å². The Bertz CT molecular complexity index is 1330. The number of hydrogen-bond donors (Lipinski definition) is 2. The van der Waals surface area contributed by atoms with Crippen molar-refractivity contribution in [3.05, 3.63) is 96.8 Å². The standard InChI is InChI=1S/C27H26BrN3O5S/c1-3-17-8-10-20(11-9-17)29-27-30-26(32)25(37-27)14-19-13-23(35-4-2)24(15-22(19)28)36-16-18-6-5-7-21(12-18)31(33)34/h5-15,27,29H,3-4,16H2,1-2H3,(H,30,32)/b25-14-/t27-/m0/s1. The summed E-state index contributed by atoms with van der Waals surface area (Å²) in [5, 5.41) is 17.3. The van der Waals surface area contributed by atoms with Crippen LogP contribution in [0.15, 0.2) is 70.0 Å². The van der Waals surface area contributed by atoms with Crippen molar-refractivity contribution >= 4 is 51.0 Å². The van der Waals surface area contributed by atoms with Crippen LogP contribution in [0.1, 0.15) is 30.5 Å². The number of halogens is 1. The summed E-state index contributed by atoms with van der Waals surface area (Å²) in [7, 11) is 0. The lowest BCUT2D eigenvalue weighted by Crippen LogP contribution is -2.30. The zero-order valence-electron chi connectivity index (χ0n) is 20.3. The zero-order chi connectivity index (χ0) is 26.4. The van der Waals surface area contributed by atoms with Gasteiger partial charge in [0.05, 0.1) is 16.4 Å². The maximum atomic E-state index is 12.6. The predicted octanol–water partition coefficient (Wildman–Crippen LogP) is 6.50. The summed E-state index contributed by atoms with van der Waals surface area (Å²) < 4.78 is 12.5. The molecule has 0 unspecified atom stereocenters. The van der Waals surface area contributed by atoms with Gasteiger partial charge >= 0.3 is 0 Å². The van der Waals surface area contributed by atoms with E-state index in [2.05, 4.69) is 45.6 Å². The molecule has 0 aliphatic carbocycles. The minimum Gasteiger partial charge on any atom is -0.490 e. The summed E-state index contributed by atoms with van der Waals surface area (Å²) in [5.41, 5.74) is 3.34. The molecule has 4 rings (SSSR count). The number of thioether (sulfide) groups is 1. The van der Waals surface area contributed by atoms with E-state index < -0.39 is 4.92 Å². The van der Waals surface area contributed by atoms with Gasteiger partial charge in [-0.3, -0.25) is 14.9 Å². The zero-order valence-corrected chi connectivity index (χ0v) is 22.7. The van der Waals surface area contributed by atoms with Crippen LogP contribution in [0, 0.1) is 10.1 Å². The van der Waals surface area contributed by atoms with Crippen LogP contribution in [-0.2, 0) is 17.8 Å². The van der Waals surface area contributed by atoms with Gasteiger partial charge in [-0.2, -0.15) is 0 Å². The summed E-state index contributed by atoms with van der Waals surface area (Å²) in [6.45, 7) is 4.54. The Hall–Kier alpha value is -3.50. The van der Waals surface area contributed by atoms with Crippen molar-refractivity contribution < 1.29 is 19.2 Å². The van der Waals surface area contributed by atoms with Crippen molar-refractivity contribution in [2.75, 3.05) is 11.9 Å². The summed E-state index contributed by atoms with van der Waals surface area (Å²) in [6.07, 6.45) is 2.78. The van der Waals surface area contributed by atoms with Crippen LogP contribution >= 0.6 is 27.7 Å². The highest BCUT2D eigenvalue weighted by molar-refractivity contribution is 9.10. The third kappa shape index (κ3) is 6.84. The number of nitro benzene ring substituents is 1. The lowest BCUT2D eigenvalue weighted by molar-refractivity contribution is -0.384. The molecule has 1 saturated heterocycles. The number of nitro groups is 1. The van der Waals surface area contributed by atoms with Gasteiger partial charge in [0, 0.05) is 22.3 Å². The third-order valence-corrected chi connectivity index (χ3v) is 7.27. The molecule has 0 spiro atoms. The Balaban J connectivity index is 1.49. The summed E-state index contributed by atoms with van der Waals surface area (Å²) in [6, 6.07) is 18.0. The first kappa shape index (κ1) is 26.6. The lowest BCUT2D eigenvalue weighted by atomic mass is 10.1. The third-order valence-electron chi connectivity index (χ3n) is 5.56. The highest BCUT2D eigenvalue weighted by atomic mass is 79.9. The lowest BCUT2D eigenvalue weighted by Gasteiger charge is -2.14. The molecule has 3 aromatic carbocycles. The summed E-state index contributed by atoms with van der Waals surface area (Å²) >= 11 is 4.98. The molecule has 1 aliphatic rings. The normalized spacial score (nSPS) is 15.9. The van der Waals surface area contributed by atoms with Crippen LogP contribution in [0.4, 0.5) is 11.4 Å². The van der Waals surface area contributed by atoms with Crippen LogP contribution in [0.25, 0.3) is 6.08 Å². The molecule has 10 heteroatoms. The molecular formula is C27H26BrN3O5S. The number of non-ortho nitro benzene ring substituents is 1. The molecule has 0 bridgehead atoms. The van der Waals surface area contributed by atoms with Crippen LogP contribution in [0.2, 0.25) is 0 Å². The van der Waals surface area contributed by atoms with E-state index in [-0.39, 0.29) is 23.7 Å². The molecule has 0 aromatic heterocycles. The second-order valence-electron chi connectivity index (χ2n) is 8.14. The summed E-state index contributed by atoms with van der Waals surface area (Å²) in [4.78, 5) is 23.8. The first-order valence-corrected chi connectivity index (χ1v) is 13.4. The highest BCUT2D eigenvalue weighted by Gasteiger charge is 2.27. The molecule has 0 saturated carbocycles. The smallest absolute Gasteiger partial charge is 0.269 e. The van der Waals surface area contributed by atoms with E-state index in [1.165, 1.54) is 29.5 Å². The van der Waals surface area contributed by atoms with Gasteiger partial charge in [-0.25, -0.2) is 0 Å². The molecular weight excluding hydrogens is 558 g/mol. The van der Waals surface area contributed by atoms with Crippen molar-refractivity contribution in [3.63, 3.8) is 0 Å². The molecule has 37 heavy (non-hydrogen) atoms. The number of aryl methyl sites for hydroxylation is 1. The molecule has 3 aromatic rings. The van der Waals surface area contributed by atoms with Crippen LogP contribution in [0.3, 0.4) is 0 Å². The van der Waals surface area contributed by atoms with Crippen molar-refractivity contribution in [2.24, 2.45) is 0 Å². The maximum absolute atomic E-state index is 12.6. The van der Waals surface area contributed by atoms with E-state index in [9.17, 15) is 14.9 Å². The number of benzene rings is 3. The number of amides is 1. The topological polar surface area (TPSA) is 103 Å². The fraction of sp³-hybridized carbons (Fsp3) is 0.222. The fourth-order valence-electron chi connectivity index (χ4n) is 3.66. The van der Waals surface area contributed by atoms with Crippen LogP contribution in [-0.4, -0.2) is 22.9 Å². The van der Waals surface area contributed by atoms with Crippen molar-refractivity contribution in [1.29, 1.82) is 0 Å². The monoisotopic (exact) mass is 583 g/mol. The van der Waals surface area contributed by atoms with E-state index >= 15 is 0 Å². The van der Waals surface area contributed by atoms with Gasteiger partial charge < -0.3 is 20.1 Å². The second kappa shape index (κ2) is 12.2. The Morgan fingerprint density at radius 2 is 1.84 bits per heavy atom. The van der Waals surface area contributed by atoms with Gasteiger partial charge in [0.25, 0.3) is 11.6 Å². The van der Waals surface area contributed by atoms with Gasteiger partial charge in [0.2, 0.25) is 0 Å². The summed E-state index contributed by atoms with van der Waals surface area (Å²) in [5.74, 6) is 0.835. The molecule has 1 heterocycles. The predicted molar refractivity (Wildman–Crippen MR) is 150 cm³/mol. The molecule has 0 radical (unpaired) electrons. The average molecular weight is 584 g/mol. The molecule has 1 aliphatic heterocycles. The average Bonchev–Trinajstić information content (AvgIpc) is 3.23. The SMILES string of the molecule is CCOc1cc(/C=C2\S[C@@H](Nc3ccc(CC)cc3)NC2=O)c(Br)cc1OCc1cccc([N+](=O)[O-])c1. The van der Waals surface area contributed by atoms with Crippen molar-refractivity contribution in [3.8, 4) is 11.5 Å². The van der Waals surface area contributed by atoms with E-state index in [4.69, 9.17) is 9.47 Å². The number of rotatable bonds is 10. The van der Waals surface area contributed by atoms with Crippen LogP contribution < -0.4 is 20.1 Å². The molecule has 2 N–H and O–H groups in total. The molecule has 1 atom stereocenters. The number of nitrogens with zero attached hydrogens (tertiary/aromatic N) is 1. The molecule has 8 nitrogen and oxygen atoms in total. The van der Waals surface area contributed by atoms with E-state index in [1.54, 1.807) is 30.3 Å². The van der Waals surface area contributed by atoms with Gasteiger partial charge in [0.1, 0.15) is 6.61 Å². The number of carbonyl (C=O) groups is 1. The molecule has 192 valence electrons. The van der Waals surface area contributed by atoms with E-state index in [0.29, 0.717) is 28.6 Å². The van der Waals surface area contributed by atoms with E-state index in [1.807, 2.05) is 19.1 Å². The second-order valence-corrected chi connectivity index (χ2v) is 10.1. The first-order chi connectivity index (χ1) is 17.9. The number of anilines is 1. The maximum Gasteiger partial charge on any atom is 0.269 e. The minimum absolute atomic E-state index is 0.00685. The highest BCUT2D eigenvalue weighted by Crippen LogP contribution is 2.38. The van der Waals surface area contributed by atoms with Gasteiger partial charge in [-0.05, 0) is 60.4 Å². The molecule has 1 fully saturated rings. The van der Waals surface area contributed by atoms with Gasteiger partial charge in [-0.1, -0.05) is 58.9 Å². The number of ether oxygens (including phenoxy) is 2. The Morgan fingerprint density at radius 3 is 2.54 bits per heavy atom. The molecule has 1 amide bonds. The quantitative estimate of drug-likeness (QED) is 0.159. The van der Waals surface area contributed by atoms with Crippen molar-refractivity contribution in [1.82, 2.24) is 5.32 Å². The fourth-order valence-corrected chi connectivity index (χ4v) is 5.07. The Morgan fingerprint density at radius 1 is 1.08 bits per heavy atom. The van der Waals surface area contributed by atoms with Crippen molar-refractivity contribution in [2.45, 2.75) is 32.4 Å². The number of hydrogen-bond acceptors (Lipinski definition) is 7. The first-order valence-electron chi connectivity index (χ1n) is 11.7. The number of carbonyl (C=O) groups excluding carboxylic acids is 1. The van der Waals surface area contributed by atoms with Gasteiger partial charge in [-0.15, -0.1) is 0 Å². The largest absolute Gasteiger partial charge is 0.490 e.